The van der Waals surface area contributed by atoms with Gasteiger partial charge in [0.2, 0.25) is 0 Å². The van der Waals surface area contributed by atoms with Crippen LogP contribution in [0.5, 0.6) is 11.5 Å². The molecule has 0 aliphatic rings. The van der Waals surface area contributed by atoms with Crippen LogP contribution in [0.1, 0.15) is 11.1 Å². The van der Waals surface area contributed by atoms with Crippen molar-refractivity contribution in [3.63, 3.8) is 0 Å². The van der Waals surface area contributed by atoms with E-state index in [2.05, 4.69) is 22.2 Å². The van der Waals surface area contributed by atoms with Crippen molar-refractivity contribution in [3.8, 4) is 11.5 Å². The number of aliphatic imine (C=N–C) groups is 2. The number of thiocarbonyl (C=S) groups is 1. The molecule has 0 heterocycles. The summed E-state index contributed by atoms with van der Waals surface area (Å²) in [6.07, 6.45) is 3.11. The predicted octanol–water partition coefficient (Wildman–Crippen LogP) is 2.03. The summed E-state index contributed by atoms with van der Waals surface area (Å²) in [4.78, 5) is 8.28. The number of isothiocyanates is 1. The maximum atomic E-state index is 11.4. The molecular weight excluding hydrogens is 366 g/mol. The van der Waals surface area contributed by atoms with Crippen LogP contribution in [-0.4, -0.2) is 30.7 Å². The van der Waals surface area contributed by atoms with Crippen molar-refractivity contribution in [3.05, 3.63) is 65.1 Å². The van der Waals surface area contributed by atoms with E-state index in [1.165, 1.54) is 17.3 Å². The molecule has 0 spiro atoms. The van der Waals surface area contributed by atoms with Gasteiger partial charge in [-0.2, -0.15) is 5.16 Å². The van der Waals surface area contributed by atoms with Gasteiger partial charge in [-0.25, -0.2) is 0 Å². The van der Waals surface area contributed by atoms with Crippen molar-refractivity contribution < 1.29 is 27.3 Å². The molecule has 0 aliphatic heterocycles. The maximum absolute atomic E-state index is 11.4. The van der Waals surface area contributed by atoms with Crippen LogP contribution in [0, 0.1) is 0 Å². The summed E-state index contributed by atoms with van der Waals surface area (Å²) in [5.74, 6) is -0.0833. The molecule has 2 aromatic carbocycles. The second kappa shape index (κ2) is 13.2. The zero-order valence-electron chi connectivity index (χ0n) is 12.6. The molecule has 1 radical (unpaired) electrons. The Labute approximate surface area is 156 Å². The number of rotatable bonds is 5. The average Bonchev–Trinajstić information content (AvgIpc) is 2.55. The van der Waals surface area contributed by atoms with E-state index in [-0.39, 0.29) is 28.6 Å². The Hall–Kier alpha value is -2.30. The van der Waals surface area contributed by atoms with Gasteiger partial charge in [0.05, 0.1) is 13.1 Å². The molecule has 0 aliphatic carbocycles. The van der Waals surface area contributed by atoms with Crippen LogP contribution in [-0.2, 0) is 17.1 Å². The second-order valence-electron chi connectivity index (χ2n) is 4.24. The number of hydrogen-bond acceptors (Lipinski definition) is 5. The number of benzene rings is 2. The predicted molar refractivity (Wildman–Crippen MR) is 92.7 cm³/mol. The van der Waals surface area contributed by atoms with Crippen molar-refractivity contribution in [1.29, 1.82) is 0 Å². The van der Waals surface area contributed by atoms with E-state index in [0.29, 0.717) is 24.2 Å². The average molecular weight is 380 g/mol. The quantitative estimate of drug-likeness (QED) is 0.344. The normalized spacial score (nSPS) is 9.83. The molecule has 0 atom stereocenters. The Morgan fingerprint density at radius 3 is 1.54 bits per heavy atom. The van der Waals surface area contributed by atoms with Crippen LogP contribution in [0.2, 0.25) is 0 Å². The van der Waals surface area contributed by atoms with Crippen LogP contribution in [0.3, 0.4) is 0 Å². The van der Waals surface area contributed by atoms with Gasteiger partial charge in [-0.3, -0.25) is 9.98 Å². The number of nitrogens with zero attached hydrogens (tertiary/aromatic N) is 3. The van der Waals surface area contributed by atoms with Gasteiger partial charge in [-0.1, -0.05) is 60.7 Å². The first-order valence-electron chi connectivity index (χ1n) is 6.72. The van der Waals surface area contributed by atoms with Crippen LogP contribution in [0.4, 0.5) is 0 Å². The molecule has 5 nitrogen and oxygen atoms in total. The van der Waals surface area contributed by atoms with Crippen molar-refractivity contribution in [1.82, 2.24) is 0 Å². The first kappa shape index (κ1) is 21.7. The summed E-state index contributed by atoms with van der Waals surface area (Å²) >= 11 is 3.70. The van der Waals surface area contributed by atoms with E-state index in [1.807, 2.05) is 0 Å². The Balaban J connectivity index is 0.00000123. The molecule has 0 amide bonds. The minimum Gasteiger partial charge on any atom is -0.872 e. The van der Waals surface area contributed by atoms with Gasteiger partial charge in [0.25, 0.3) is 0 Å². The first-order chi connectivity index (χ1) is 11.2. The standard InChI is InChI=1S/C16H16N2O2.CNS.Fe/c19-15-7-3-1-5-13(15)11-17-9-10-18-12-14-6-2-4-8-16(14)20;2-1-3;/h1-8,11-12,19-20H,9-10H2;;/q;-1;+3/p-2. The first-order valence-corrected chi connectivity index (χ1v) is 7.13. The molecule has 123 valence electrons. The van der Waals surface area contributed by atoms with E-state index < -0.39 is 0 Å². The molecule has 0 N–H and O–H groups in total. The number of para-hydroxylation sites is 2. The summed E-state index contributed by atoms with van der Waals surface area (Å²) < 4.78 is 0. The van der Waals surface area contributed by atoms with Crippen molar-refractivity contribution in [2.24, 2.45) is 9.98 Å². The second-order valence-corrected chi connectivity index (χ2v) is 4.42. The Morgan fingerprint density at radius 2 is 1.21 bits per heavy atom. The fourth-order valence-electron chi connectivity index (χ4n) is 1.62. The van der Waals surface area contributed by atoms with Gasteiger partial charge in [0.1, 0.15) is 0 Å². The van der Waals surface area contributed by atoms with Gasteiger partial charge in [-0.15, -0.1) is 11.5 Å². The monoisotopic (exact) mass is 380 g/mol. The van der Waals surface area contributed by atoms with E-state index in [1.54, 1.807) is 48.8 Å². The minimum atomic E-state index is -0.0416. The van der Waals surface area contributed by atoms with Gasteiger partial charge in [0, 0.05) is 12.4 Å². The summed E-state index contributed by atoms with van der Waals surface area (Å²) in [5, 5.41) is 31.3. The Kier molecular flexibility index (Phi) is 11.9. The van der Waals surface area contributed by atoms with Gasteiger partial charge in [-0.05, 0) is 11.1 Å². The van der Waals surface area contributed by atoms with Crippen molar-refractivity contribution in [2.75, 3.05) is 13.1 Å². The van der Waals surface area contributed by atoms with Gasteiger partial charge >= 0.3 is 17.1 Å². The molecule has 0 unspecified atom stereocenters. The fourth-order valence-corrected chi connectivity index (χ4v) is 1.62. The van der Waals surface area contributed by atoms with Crippen molar-refractivity contribution >= 4 is 29.8 Å². The third kappa shape index (κ3) is 8.36. The molecule has 0 saturated carbocycles. The third-order valence-electron chi connectivity index (χ3n) is 2.66. The SMILES string of the molecule is [Fe+3].[N-]=C=S.[O-]c1ccccc1C=NCCN=Cc1ccccc1[O-]. The van der Waals surface area contributed by atoms with E-state index in [0.717, 1.165) is 0 Å². The van der Waals surface area contributed by atoms with E-state index in [9.17, 15) is 10.2 Å². The summed E-state index contributed by atoms with van der Waals surface area (Å²) in [7, 11) is 0. The molecular formula is C17H14FeN3O2S. The molecule has 0 bridgehead atoms. The van der Waals surface area contributed by atoms with Gasteiger partial charge < -0.3 is 15.6 Å². The molecule has 0 aromatic heterocycles. The van der Waals surface area contributed by atoms with E-state index in [4.69, 9.17) is 5.41 Å². The zero-order valence-corrected chi connectivity index (χ0v) is 14.5. The molecule has 2 rings (SSSR count). The minimum absolute atomic E-state index is 0. The summed E-state index contributed by atoms with van der Waals surface area (Å²) in [6.45, 7) is 0.956. The largest absolute Gasteiger partial charge is 3.00 e. The number of hydrogen-bond donors (Lipinski definition) is 0. The topological polar surface area (TPSA) is 93.1 Å². The molecule has 24 heavy (non-hydrogen) atoms. The van der Waals surface area contributed by atoms with Gasteiger partial charge in [0.15, 0.2) is 0 Å². The third-order valence-corrected chi connectivity index (χ3v) is 2.66. The summed E-state index contributed by atoms with van der Waals surface area (Å²) in [6, 6.07) is 13.5. The maximum Gasteiger partial charge on any atom is 3.00 e. The van der Waals surface area contributed by atoms with Crippen molar-refractivity contribution in [2.45, 2.75) is 0 Å². The molecule has 0 saturated heterocycles. The van der Waals surface area contributed by atoms with E-state index >= 15 is 0 Å². The van der Waals surface area contributed by atoms with Crippen LogP contribution >= 0.6 is 12.2 Å². The van der Waals surface area contributed by atoms with Crippen LogP contribution in [0.15, 0.2) is 58.5 Å². The fraction of sp³-hybridized carbons (Fsp3) is 0.118. The Morgan fingerprint density at radius 1 is 0.875 bits per heavy atom. The summed E-state index contributed by atoms with van der Waals surface area (Å²) in [5.41, 5.74) is 1.14. The Bertz CT molecular complexity index is 659. The van der Waals surface area contributed by atoms with Crippen LogP contribution < -0.4 is 10.2 Å². The zero-order chi connectivity index (χ0) is 16.9. The molecule has 2 aromatic rings. The molecule has 7 heteroatoms. The molecule has 0 fully saturated rings. The smallest absolute Gasteiger partial charge is 0.872 e. The van der Waals surface area contributed by atoms with Crippen LogP contribution in [0.25, 0.3) is 5.41 Å².